The number of thioether (sulfide) groups is 1. The topological polar surface area (TPSA) is 41.1 Å². The molecule has 1 aromatic carbocycles. The first-order valence-corrected chi connectivity index (χ1v) is 8.67. The van der Waals surface area contributed by atoms with Crippen molar-refractivity contribution >= 4 is 23.4 Å². The minimum Gasteiger partial charge on any atom is -0.324 e. The molecule has 1 amide bonds. The van der Waals surface area contributed by atoms with E-state index in [1.807, 2.05) is 0 Å². The van der Waals surface area contributed by atoms with Gasteiger partial charge in [-0.05, 0) is 37.4 Å². The normalized spacial score (nSPS) is 19.2. The Morgan fingerprint density at radius 1 is 1.29 bits per heavy atom. The molecular weight excluding hydrogens is 287 g/mol. The second-order valence-corrected chi connectivity index (χ2v) is 6.93. The lowest BCUT2D eigenvalue weighted by Gasteiger charge is -2.22. The second kappa shape index (κ2) is 6.79. The van der Waals surface area contributed by atoms with Crippen molar-refractivity contribution in [3.63, 3.8) is 0 Å². The van der Waals surface area contributed by atoms with Gasteiger partial charge in [0, 0.05) is 17.0 Å². The maximum atomic E-state index is 14.1. The molecule has 0 saturated heterocycles. The number of halogens is 1. The van der Waals surface area contributed by atoms with Gasteiger partial charge >= 0.3 is 0 Å². The van der Waals surface area contributed by atoms with E-state index >= 15 is 0 Å². The van der Waals surface area contributed by atoms with Gasteiger partial charge in [-0.3, -0.25) is 4.79 Å². The van der Waals surface area contributed by atoms with Gasteiger partial charge in [0.2, 0.25) is 5.91 Å². The summed E-state index contributed by atoms with van der Waals surface area (Å²) in [4.78, 5) is 12.2. The Kier molecular flexibility index (Phi) is 4.80. The third-order valence-corrected chi connectivity index (χ3v) is 5.31. The van der Waals surface area contributed by atoms with Crippen LogP contribution in [0, 0.1) is 11.7 Å². The lowest BCUT2D eigenvalue weighted by Crippen LogP contribution is -2.25. The lowest BCUT2D eigenvalue weighted by atomic mass is 9.89. The number of amides is 1. The van der Waals surface area contributed by atoms with E-state index < -0.39 is 0 Å². The zero-order chi connectivity index (χ0) is 14.7. The fraction of sp³-hybridized carbons (Fsp3) is 0.562. The van der Waals surface area contributed by atoms with Crippen LogP contribution >= 0.6 is 11.8 Å². The highest BCUT2D eigenvalue weighted by Crippen LogP contribution is 2.33. The van der Waals surface area contributed by atoms with Crippen LogP contribution in [0.1, 0.15) is 37.7 Å². The highest BCUT2D eigenvalue weighted by molar-refractivity contribution is 8.00. The number of anilines is 1. The Bertz CT molecular complexity index is 529. The summed E-state index contributed by atoms with van der Waals surface area (Å²) in [6.45, 7) is 1.48. The summed E-state index contributed by atoms with van der Waals surface area (Å²) in [6.07, 6.45) is 6.57. The summed E-state index contributed by atoms with van der Waals surface area (Å²) < 4.78 is 14.1. The molecule has 3 nitrogen and oxygen atoms in total. The minimum absolute atomic E-state index is 0.0137. The molecular formula is C16H21FN2OS. The van der Waals surface area contributed by atoms with E-state index in [0.29, 0.717) is 17.9 Å². The molecule has 0 atom stereocenters. The quantitative estimate of drug-likeness (QED) is 0.894. The van der Waals surface area contributed by atoms with Crippen LogP contribution in [-0.4, -0.2) is 18.2 Å². The molecule has 1 saturated carbocycles. The van der Waals surface area contributed by atoms with Crippen LogP contribution in [-0.2, 0) is 11.3 Å². The van der Waals surface area contributed by atoms with Gasteiger partial charge in [-0.25, -0.2) is 4.39 Å². The molecule has 2 N–H and O–H groups in total. The van der Waals surface area contributed by atoms with Gasteiger partial charge < -0.3 is 10.6 Å². The van der Waals surface area contributed by atoms with E-state index in [1.165, 1.54) is 49.9 Å². The number of fused-ring (bicyclic) bond motifs is 1. The van der Waals surface area contributed by atoms with Gasteiger partial charge in [-0.2, -0.15) is 0 Å². The number of carbonyl (C=O) groups excluding carboxylic acids is 1. The Morgan fingerprint density at radius 2 is 2.10 bits per heavy atom. The summed E-state index contributed by atoms with van der Waals surface area (Å²) in [7, 11) is 0. The maximum Gasteiger partial charge on any atom is 0.234 e. The number of nitrogens with one attached hydrogen (secondary N) is 2. The number of hydrogen-bond donors (Lipinski definition) is 2. The van der Waals surface area contributed by atoms with Crippen molar-refractivity contribution in [2.45, 2.75) is 43.5 Å². The molecule has 3 rings (SSSR count). The van der Waals surface area contributed by atoms with Crippen molar-refractivity contribution in [2.75, 3.05) is 17.6 Å². The van der Waals surface area contributed by atoms with E-state index in [9.17, 15) is 9.18 Å². The zero-order valence-corrected chi connectivity index (χ0v) is 12.9. The van der Waals surface area contributed by atoms with E-state index in [2.05, 4.69) is 10.6 Å². The predicted molar refractivity (Wildman–Crippen MR) is 84.0 cm³/mol. The molecule has 1 aliphatic heterocycles. The van der Waals surface area contributed by atoms with E-state index in [1.54, 1.807) is 6.07 Å². The standard InChI is InChI=1S/C16H21FN2OS/c17-13-7-15-14(19-16(20)10-21-15)6-12(13)9-18-8-11-4-2-1-3-5-11/h6-7,11,18H,1-5,8-10H2,(H,19,20). The molecule has 0 unspecified atom stereocenters. The molecule has 0 radical (unpaired) electrons. The average molecular weight is 308 g/mol. The minimum atomic E-state index is -0.187. The maximum absolute atomic E-state index is 14.1. The Labute approximate surface area is 129 Å². The number of hydrogen-bond acceptors (Lipinski definition) is 3. The fourth-order valence-corrected chi connectivity index (χ4v) is 3.90. The van der Waals surface area contributed by atoms with Crippen molar-refractivity contribution in [2.24, 2.45) is 5.92 Å². The first-order chi connectivity index (χ1) is 10.2. The summed E-state index contributed by atoms with van der Waals surface area (Å²) in [6, 6.07) is 3.31. The Hall–Kier alpha value is -1.07. The predicted octanol–water partition coefficient (Wildman–Crippen LogP) is 3.54. The van der Waals surface area contributed by atoms with Crippen LogP contribution in [0.2, 0.25) is 0 Å². The lowest BCUT2D eigenvalue weighted by molar-refractivity contribution is -0.113. The molecule has 1 heterocycles. The van der Waals surface area contributed by atoms with Crippen molar-refractivity contribution in [1.82, 2.24) is 5.32 Å². The largest absolute Gasteiger partial charge is 0.324 e. The molecule has 1 aliphatic carbocycles. The summed E-state index contributed by atoms with van der Waals surface area (Å²) in [5.74, 6) is 0.898. The van der Waals surface area contributed by atoms with E-state index in [0.717, 1.165) is 23.0 Å². The van der Waals surface area contributed by atoms with Crippen LogP contribution in [0.15, 0.2) is 17.0 Å². The van der Waals surface area contributed by atoms with Gasteiger partial charge in [-0.1, -0.05) is 19.3 Å². The summed E-state index contributed by atoms with van der Waals surface area (Å²) in [5.41, 5.74) is 1.37. The van der Waals surface area contributed by atoms with Crippen molar-refractivity contribution in [3.05, 3.63) is 23.5 Å². The average Bonchev–Trinajstić information content (AvgIpc) is 2.49. The first kappa shape index (κ1) is 14.9. The molecule has 0 bridgehead atoms. The molecule has 5 heteroatoms. The van der Waals surface area contributed by atoms with Crippen LogP contribution in [0.3, 0.4) is 0 Å². The van der Waals surface area contributed by atoms with Crippen molar-refractivity contribution in [3.8, 4) is 0 Å². The molecule has 0 spiro atoms. The zero-order valence-electron chi connectivity index (χ0n) is 12.1. The fourth-order valence-electron chi connectivity index (χ4n) is 3.08. The van der Waals surface area contributed by atoms with Gasteiger partial charge in [0.05, 0.1) is 11.4 Å². The Balaban J connectivity index is 1.59. The van der Waals surface area contributed by atoms with Crippen molar-refractivity contribution in [1.29, 1.82) is 0 Å². The number of benzene rings is 1. The number of carbonyl (C=O) groups is 1. The summed E-state index contributed by atoms with van der Waals surface area (Å²) >= 11 is 1.39. The van der Waals surface area contributed by atoms with Crippen LogP contribution in [0.5, 0.6) is 0 Å². The van der Waals surface area contributed by atoms with Crippen LogP contribution in [0.4, 0.5) is 10.1 Å². The van der Waals surface area contributed by atoms with E-state index in [-0.39, 0.29) is 11.7 Å². The highest BCUT2D eigenvalue weighted by Gasteiger charge is 2.18. The third kappa shape index (κ3) is 3.77. The monoisotopic (exact) mass is 308 g/mol. The number of rotatable bonds is 4. The third-order valence-electron chi connectivity index (χ3n) is 4.25. The SMILES string of the molecule is O=C1CSc2cc(F)c(CNCC3CCCCC3)cc2N1. The second-order valence-electron chi connectivity index (χ2n) is 5.91. The van der Waals surface area contributed by atoms with Crippen LogP contribution < -0.4 is 10.6 Å². The smallest absolute Gasteiger partial charge is 0.234 e. The van der Waals surface area contributed by atoms with E-state index in [4.69, 9.17) is 0 Å². The summed E-state index contributed by atoms with van der Waals surface area (Å²) in [5, 5.41) is 6.18. The molecule has 21 heavy (non-hydrogen) atoms. The molecule has 1 aromatic rings. The molecule has 0 aromatic heterocycles. The molecule has 2 aliphatic rings. The highest BCUT2D eigenvalue weighted by atomic mass is 32.2. The van der Waals surface area contributed by atoms with Crippen molar-refractivity contribution < 1.29 is 9.18 Å². The van der Waals surface area contributed by atoms with Gasteiger partial charge in [-0.15, -0.1) is 11.8 Å². The first-order valence-electron chi connectivity index (χ1n) is 7.68. The Morgan fingerprint density at radius 3 is 2.90 bits per heavy atom. The van der Waals surface area contributed by atoms with Gasteiger partial charge in [0.15, 0.2) is 0 Å². The van der Waals surface area contributed by atoms with Crippen LogP contribution in [0.25, 0.3) is 0 Å². The molecule has 1 fully saturated rings. The molecule has 114 valence electrons. The van der Waals surface area contributed by atoms with Gasteiger partial charge in [0.1, 0.15) is 5.82 Å². The van der Waals surface area contributed by atoms with Gasteiger partial charge in [0.25, 0.3) is 0 Å².